The van der Waals surface area contributed by atoms with Gasteiger partial charge in [-0.2, -0.15) is 5.10 Å². The van der Waals surface area contributed by atoms with E-state index in [9.17, 15) is 4.79 Å². The van der Waals surface area contributed by atoms with Crippen molar-refractivity contribution in [3.05, 3.63) is 42.4 Å². The van der Waals surface area contributed by atoms with Crippen LogP contribution in [0, 0.1) is 5.92 Å². The maximum atomic E-state index is 12.1. The van der Waals surface area contributed by atoms with Crippen molar-refractivity contribution >= 4 is 5.91 Å². The number of hydrogen-bond donors (Lipinski definition) is 1. The number of amides is 1. The third-order valence-electron chi connectivity index (χ3n) is 3.64. The molecule has 2 aromatic rings. The summed E-state index contributed by atoms with van der Waals surface area (Å²) < 4.78 is 6.97. The quantitative estimate of drug-likeness (QED) is 0.923. The molecular weight excluding hydrogens is 268 g/mol. The number of rotatable bonds is 4. The smallest absolute Gasteiger partial charge is 0.252 e. The van der Waals surface area contributed by atoms with Crippen molar-refractivity contribution in [2.75, 3.05) is 19.8 Å². The molecule has 110 valence electrons. The highest BCUT2D eigenvalue weighted by atomic mass is 16.5. The molecule has 21 heavy (non-hydrogen) atoms. The summed E-state index contributed by atoms with van der Waals surface area (Å²) >= 11 is 0. The zero-order valence-corrected chi connectivity index (χ0v) is 11.7. The number of nitrogens with zero attached hydrogens (tertiary/aromatic N) is 3. The van der Waals surface area contributed by atoms with Crippen LogP contribution in [-0.4, -0.2) is 40.4 Å². The topological polar surface area (TPSA) is 69.0 Å². The molecular formula is C15H18N4O2. The van der Waals surface area contributed by atoms with Crippen LogP contribution in [0.1, 0.15) is 23.2 Å². The van der Waals surface area contributed by atoms with E-state index in [0.29, 0.717) is 23.8 Å². The molecule has 0 aliphatic carbocycles. The fourth-order valence-electron chi connectivity index (χ4n) is 2.35. The van der Waals surface area contributed by atoms with Crippen LogP contribution in [0.15, 0.2) is 36.8 Å². The van der Waals surface area contributed by atoms with Crippen LogP contribution >= 0.6 is 0 Å². The Hall–Kier alpha value is -2.21. The van der Waals surface area contributed by atoms with Crippen LogP contribution in [0.5, 0.6) is 0 Å². The van der Waals surface area contributed by atoms with Gasteiger partial charge in [0.25, 0.3) is 5.91 Å². The largest absolute Gasteiger partial charge is 0.381 e. The summed E-state index contributed by atoms with van der Waals surface area (Å²) in [6.07, 6.45) is 7.10. The number of carbonyl (C=O) groups is 1. The lowest BCUT2D eigenvalue weighted by atomic mass is 10.0. The van der Waals surface area contributed by atoms with E-state index in [0.717, 1.165) is 26.1 Å². The zero-order chi connectivity index (χ0) is 14.5. The van der Waals surface area contributed by atoms with Gasteiger partial charge in [0.15, 0.2) is 5.82 Å². The minimum absolute atomic E-state index is 0.0824. The molecule has 1 fully saturated rings. The second-order valence-corrected chi connectivity index (χ2v) is 5.12. The Morgan fingerprint density at radius 2 is 2.24 bits per heavy atom. The highest BCUT2D eigenvalue weighted by Crippen LogP contribution is 2.13. The molecule has 0 aromatic carbocycles. The van der Waals surface area contributed by atoms with Gasteiger partial charge in [-0.3, -0.25) is 4.79 Å². The van der Waals surface area contributed by atoms with E-state index in [-0.39, 0.29) is 5.91 Å². The molecule has 3 heterocycles. The summed E-state index contributed by atoms with van der Waals surface area (Å²) in [4.78, 5) is 16.3. The average molecular weight is 286 g/mol. The number of hydrogen-bond acceptors (Lipinski definition) is 4. The van der Waals surface area contributed by atoms with E-state index >= 15 is 0 Å². The van der Waals surface area contributed by atoms with Gasteiger partial charge in [-0.05, 0) is 37.0 Å². The molecule has 0 atom stereocenters. The van der Waals surface area contributed by atoms with E-state index < -0.39 is 0 Å². The van der Waals surface area contributed by atoms with Crippen LogP contribution < -0.4 is 5.32 Å². The molecule has 1 aliphatic heterocycles. The minimum atomic E-state index is -0.0824. The summed E-state index contributed by atoms with van der Waals surface area (Å²) in [5.41, 5.74) is 0.568. The monoisotopic (exact) mass is 286 g/mol. The van der Waals surface area contributed by atoms with Crippen molar-refractivity contribution in [1.82, 2.24) is 20.1 Å². The molecule has 2 aromatic heterocycles. The van der Waals surface area contributed by atoms with Gasteiger partial charge in [0.05, 0.1) is 5.56 Å². The lowest BCUT2D eigenvalue weighted by Gasteiger charge is -2.22. The average Bonchev–Trinajstić information content (AvgIpc) is 3.08. The molecule has 0 bridgehead atoms. The van der Waals surface area contributed by atoms with Gasteiger partial charge in [-0.25, -0.2) is 9.67 Å². The third kappa shape index (κ3) is 3.46. The van der Waals surface area contributed by atoms with Gasteiger partial charge in [0.1, 0.15) is 0 Å². The van der Waals surface area contributed by atoms with Crippen molar-refractivity contribution in [2.45, 2.75) is 12.8 Å². The Morgan fingerprint density at radius 1 is 1.38 bits per heavy atom. The molecule has 1 N–H and O–H groups in total. The SMILES string of the molecule is O=C(NCC1CCOCC1)c1ccc(-n2cccn2)nc1. The first-order chi connectivity index (χ1) is 10.3. The summed E-state index contributed by atoms with van der Waals surface area (Å²) in [5, 5.41) is 7.07. The molecule has 0 unspecified atom stereocenters. The minimum Gasteiger partial charge on any atom is -0.381 e. The molecule has 1 aliphatic rings. The fraction of sp³-hybridized carbons (Fsp3) is 0.400. The maximum absolute atomic E-state index is 12.1. The highest BCUT2D eigenvalue weighted by Gasteiger charge is 2.15. The van der Waals surface area contributed by atoms with Gasteiger partial charge in [0, 0.05) is 38.3 Å². The molecule has 0 spiro atoms. The first-order valence-corrected chi connectivity index (χ1v) is 7.15. The number of ether oxygens (including phenoxy) is 1. The van der Waals surface area contributed by atoms with Crippen LogP contribution in [0.2, 0.25) is 0 Å². The predicted octanol–water partition coefficient (Wildman–Crippen LogP) is 1.42. The Kier molecular flexibility index (Phi) is 4.25. The zero-order valence-electron chi connectivity index (χ0n) is 11.7. The van der Waals surface area contributed by atoms with E-state index in [1.54, 1.807) is 29.2 Å². The Balaban J connectivity index is 1.57. The van der Waals surface area contributed by atoms with E-state index in [2.05, 4.69) is 15.4 Å². The highest BCUT2D eigenvalue weighted by molar-refractivity contribution is 5.93. The Morgan fingerprint density at radius 3 is 2.90 bits per heavy atom. The normalized spacial score (nSPS) is 15.8. The molecule has 6 heteroatoms. The van der Waals surface area contributed by atoms with Crippen LogP contribution in [0.4, 0.5) is 0 Å². The first-order valence-electron chi connectivity index (χ1n) is 7.15. The molecule has 1 amide bonds. The molecule has 6 nitrogen and oxygen atoms in total. The van der Waals surface area contributed by atoms with Crippen molar-refractivity contribution in [3.8, 4) is 5.82 Å². The van der Waals surface area contributed by atoms with Crippen LogP contribution in [0.3, 0.4) is 0 Å². The van der Waals surface area contributed by atoms with Crippen molar-refractivity contribution in [3.63, 3.8) is 0 Å². The van der Waals surface area contributed by atoms with E-state index in [1.807, 2.05) is 12.3 Å². The second-order valence-electron chi connectivity index (χ2n) is 5.12. The number of nitrogens with one attached hydrogen (secondary N) is 1. The first kappa shape index (κ1) is 13.8. The van der Waals surface area contributed by atoms with E-state index in [4.69, 9.17) is 4.74 Å². The predicted molar refractivity (Wildman–Crippen MR) is 77.2 cm³/mol. The van der Waals surface area contributed by atoms with Gasteiger partial charge in [-0.1, -0.05) is 0 Å². The standard InChI is InChI=1S/C15H18N4O2/c20-15(17-10-12-4-8-21-9-5-12)13-2-3-14(16-11-13)19-7-1-6-18-19/h1-3,6-7,11-12H,4-5,8-10H2,(H,17,20). The lowest BCUT2D eigenvalue weighted by Crippen LogP contribution is -2.32. The van der Waals surface area contributed by atoms with Crippen molar-refractivity contribution < 1.29 is 9.53 Å². The number of aromatic nitrogens is 3. The summed E-state index contributed by atoms with van der Waals surface area (Å²) in [6.45, 7) is 2.28. The van der Waals surface area contributed by atoms with Gasteiger partial charge in [-0.15, -0.1) is 0 Å². The van der Waals surface area contributed by atoms with Gasteiger partial charge >= 0.3 is 0 Å². The van der Waals surface area contributed by atoms with Crippen LogP contribution in [0.25, 0.3) is 5.82 Å². The fourth-order valence-corrected chi connectivity index (χ4v) is 2.35. The van der Waals surface area contributed by atoms with Crippen molar-refractivity contribution in [2.24, 2.45) is 5.92 Å². The van der Waals surface area contributed by atoms with Gasteiger partial charge in [0.2, 0.25) is 0 Å². The third-order valence-corrected chi connectivity index (χ3v) is 3.64. The van der Waals surface area contributed by atoms with Crippen LogP contribution in [-0.2, 0) is 4.74 Å². The molecule has 3 rings (SSSR count). The van der Waals surface area contributed by atoms with Crippen molar-refractivity contribution in [1.29, 1.82) is 0 Å². The molecule has 1 saturated heterocycles. The molecule has 0 saturated carbocycles. The maximum Gasteiger partial charge on any atom is 0.252 e. The summed E-state index contributed by atoms with van der Waals surface area (Å²) in [5.74, 6) is 1.13. The van der Waals surface area contributed by atoms with E-state index in [1.165, 1.54) is 0 Å². The number of pyridine rings is 1. The summed E-state index contributed by atoms with van der Waals surface area (Å²) in [6, 6.07) is 5.38. The Labute approximate surface area is 123 Å². The second kappa shape index (κ2) is 6.49. The summed E-state index contributed by atoms with van der Waals surface area (Å²) in [7, 11) is 0. The Bertz CT molecular complexity index is 574. The molecule has 0 radical (unpaired) electrons. The number of carbonyl (C=O) groups excluding carboxylic acids is 1. The van der Waals surface area contributed by atoms with Gasteiger partial charge < -0.3 is 10.1 Å². The lowest BCUT2D eigenvalue weighted by molar-refractivity contribution is 0.0642.